The minimum atomic E-state index is -3.87. The van der Waals surface area contributed by atoms with Crippen LogP contribution < -0.4 is 4.72 Å². The van der Waals surface area contributed by atoms with Gasteiger partial charge >= 0.3 is 0 Å². The summed E-state index contributed by atoms with van der Waals surface area (Å²) < 4.78 is 58.0. The number of rotatable bonds is 6. The van der Waals surface area contributed by atoms with Crippen molar-refractivity contribution < 1.29 is 17.2 Å². The smallest absolute Gasteiger partial charge is 0.253 e. The Morgan fingerprint density at radius 1 is 1.26 bits per heavy atom. The number of hydrogen-bond donors (Lipinski definition) is 1. The van der Waals surface area contributed by atoms with Crippen LogP contribution >= 0.6 is 34.9 Å². The number of hydrogen-bond acceptors (Lipinski definition) is 6. The van der Waals surface area contributed by atoms with Gasteiger partial charge in [0.2, 0.25) is 5.13 Å². The zero-order valence-corrected chi connectivity index (χ0v) is 16.9. The van der Waals surface area contributed by atoms with Crippen LogP contribution in [0.25, 0.3) is 0 Å². The molecule has 0 atom stereocenters. The monoisotopic (exact) mass is 447 g/mol. The third-order valence-corrected chi connectivity index (χ3v) is 7.18. The molecule has 2 aromatic carbocycles. The fourth-order valence-electron chi connectivity index (χ4n) is 2.14. The molecule has 0 saturated carbocycles. The van der Waals surface area contributed by atoms with Crippen LogP contribution in [0.1, 0.15) is 11.4 Å². The number of benzene rings is 2. The van der Waals surface area contributed by atoms with E-state index >= 15 is 0 Å². The van der Waals surface area contributed by atoms with E-state index in [1.165, 1.54) is 12.1 Å². The van der Waals surface area contributed by atoms with E-state index in [9.17, 15) is 17.2 Å². The molecule has 1 heterocycles. The Bertz CT molecular complexity index is 1090. The van der Waals surface area contributed by atoms with Crippen molar-refractivity contribution in [3.05, 3.63) is 64.4 Å². The first-order valence-corrected chi connectivity index (χ1v) is 11.1. The average molecular weight is 448 g/mol. The van der Waals surface area contributed by atoms with Gasteiger partial charge in [-0.1, -0.05) is 17.7 Å². The van der Waals surface area contributed by atoms with E-state index < -0.39 is 21.7 Å². The molecule has 0 radical (unpaired) electrons. The maximum atomic E-state index is 13.6. The Balaban J connectivity index is 1.71. The van der Waals surface area contributed by atoms with E-state index in [0.717, 1.165) is 35.4 Å². The summed E-state index contributed by atoms with van der Waals surface area (Å²) in [7, 11) is -3.87. The van der Waals surface area contributed by atoms with Gasteiger partial charge in [0, 0.05) is 27.5 Å². The highest BCUT2D eigenvalue weighted by Gasteiger charge is 2.20. The quantitative estimate of drug-likeness (QED) is 0.546. The summed E-state index contributed by atoms with van der Waals surface area (Å²) in [5.74, 6) is -0.796. The second-order valence-corrected chi connectivity index (χ2v) is 9.17. The molecule has 0 aliphatic carbocycles. The van der Waals surface area contributed by atoms with Crippen LogP contribution in [-0.2, 0) is 15.8 Å². The molecule has 0 aliphatic heterocycles. The normalized spacial score (nSPS) is 11.6. The third kappa shape index (κ3) is 4.75. The highest BCUT2D eigenvalue weighted by Crippen LogP contribution is 2.28. The largest absolute Gasteiger partial charge is 0.264 e. The van der Waals surface area contributed by atoms with Gasteiger partial charge in [0.05, 0.1) is 10.6 Å². The van der Waals surface area contributed by atoms with Crippen molar-refractivity contribution in [2.45, 2.75) is 22.5 Å². The van der Waals surface area contributed by atoms with Gasteiger partial charge in [-0.2, -0.15) is 4.37 Å². The molecule has 27 heavy (non-hydrogen) atoms. The van der Waals surface area contributed by atoms with Gasteiger partial charge < -0.3 is 0 Å². The summed E-state index contributed by atoms with van der Waals surface area (Å²) in [5.41, 5.74) is 0.429. The molecule has 1 aromatic heterocycles. The van der Waals surface area contributed by atoms with Crippen molar-refractivity contribution in [3.63, 3.8) is 0 Å². The van der Waals surface area contributed by atoms with Crippen LogP contribution in [-0.4, -0.2) is 17.8 Å². The molecule has 0 amide bonds. The van der Waals surface area contributed by atoms with Gasteiger partial charge in [0.25, 0.3) is 10.0 Å². The third-order valence-electron chi connectivity index (χ3n) is 3.45. The fourth-order valence-corrected chi connectivity index (χ4v) is 5.30. The minimum Gasteiger partial charge on any atom is -0.253 e. The van der Waals surface area contributed by atoms with Gasteiger partial charge in [-0.25, -0.2) is 22.2 Å². The van der Waals surface area contributed by atoms with Crippen molar-refractivity contribution >= 4 is 50.1 Å². The Morgan fingerprint density at radius 2 is 2.04 bits per heavy atom. The van der Waals surface area contributed by atoms with Crippen LogP contribution in [0.4, 0.5) is 13.9 Å². The van der Waals surface area contributed by atoms with E-state index in [2.05, 4.69) is 14.1 Å². The van der Waals surface area contributed by atoms with Crippen LogP contribution in [0.2, 0.25) is 5.02 Å². The van der Waals surface area contributed by atoms with E-state index in [1.807, 2.05) is 0 Å². The van der Waals surface area contributed by atoms with E-state index in [-0.39, 0.29) is 20.7 Å². The van der Waals surface area contributed by atoms with Gasteiger partial charge in [0.1, 0.15) is 11.6 Å². The van der Waals surface area contributed by atoms with Crippen molar-refractivity contribution in [1.82, 2.24) is 9.36 Å². The van der Waals surface area contributed by atoms with Crippen molar-refractivity contribution in [3.8, 4) is 0 Å². The number of aromatic nitrogens is 2. The number of anilines is 1. The first kappa shape index (κ1) is 20.0. The first-order chi connectivity index (χ1) is 12.8. The summed E-state index contributed by atoms with van der Waals surface area (Å²) in [6.45, 7) is 1.61. The number of nitrogens with zero attached hydrogens (tertiary/aromatic N) is 2. The Labute approximate surface area is 168 Å². The molecule has 0 aliphatic rings. The zero-order chi connectivity index (χ0) is 19.6. The maximum Gasteiger partial charge on any atom is 0.264 e. The molecule has 142 valence electrons. The Hall–Kier alpha value is -1.75. The minimum absolute atomic E-state index is 0.0505. The average Bonchev–Trinajstić information content (AvgIpc) is 3.03. The lowest BCUT2D eigenvalue weighted by atomic mass is 10.2. The maximum absolute atomic E-state index is 13.6. The van der Waals surface area contributed by atoms with Crippen LogP contribution in [0.3, 0.4) is 0 Å². The predicted octanol–water partition coefficient (Wildman–Crippen LogP) is 4.87. The van der Waals surface area contributed by atoms with Crippen LogP contribution in [0.15, 0.2) is 46.2 Å². The van der Waals surface area contributed by atoms with E-state index in [1.54, 1.807) is 19.1 Å². The standard InChI is InChI=1S/C16H12ClF2N3O2S3/c1-9-11(17)3-2-4-14(9)27(23,24)22-16-20-15(21-26-16)8-25-13-6-5-10(18)7-12(13)19/h2-7H,8H2,1H3,(H,20,21,22). The number of sulfonamides is 1. The van der Waals surface area contributed by atoms with Crippen molar-refractivity contribution in [2.24, 2.45) is 0 Å². The van der Waals surface area contributed by atoms with Gasteiger partial charge in [0.15, 0.2) is 5.82 Å². The summed E-state index contributed by atoms with van der Waals surface area (Å²) in [5, 5.41) is 0.429. The highest BCUT2D eigenvalue weighted by atomic mass is 35.5. The molecule has 0 spiro atoms. The summed E-state index contributed by atoms with van der Waals surface area (Å²) in [6, 6.07) is 7.87. The summed E-state index contributed by atoms with van der Waals surface area (Å²) >= 11 is 7.93. The van der Waals surface area contributed by atoms with Gasteiger partial charge in [-0.3, -0.25) is 4.72 Å². The molecule has 0 bridgehead atoms. The Kier molecular flexibility index (Phi) is 5.99. The number of thioether (sulfide) groups is 1. The number of nitrogens with one attached hydrogen (secondary N) is 1. The number of halogens is 3. The van der Waals surface area contributed by atoms with Gasteiger partial charge in [-0.15, -0.1) is 11.8 Å². The van der Waals surface area contributed by atoms with E-state index in [0.29, 0.717) is 16.4 Å². The van der Waals surface area contributed by atoms with E-state index in [4.69, 9.17) is 11.6 Å². The Morgan fingerprint density at radius 3 is 2.78 bits per heavy atom. The highest BCUT2D eigenvalue weighted by molar-refractivity contribution is 7.98. The fraction of sp³-hybridized carbons (Fsp3) is 0.125. The molecule has 5 nitrogen and oxygen atoms in total. The molecule has 1 N–H and O–H groups in total. The summed E-state index contributed by atoms with van der Waals surface area (Å²) in [6.07, 6.45) is 0. The molecule has 0 saturated heterocycles. The zero-order valence-electron chi connectivity index (χ0n) is 13.7. The van der Waals surface area contributed by atoms with Crippen molar-refractivity contribution in [1.29, 1.82) is 0 Å². The SMILES string of the molecule is Cc1c(Cl)cccc1S(=O)(=O)Nc1nc(CSc2ccc(F)cc2F)ns1. The molecule has 11 heteroatoms. The second kappa shape index (κ2) is 8.09. The molecule has 0 unspecified atom stereocenters. The summed E-state index contributed by atoms with van der Waals surface area (Å²) in [4.78, 5) is 4.41. The lowest BCUT2D eigenvalue weighted by Crippen LogP contribution is -2.14. The molecule has 3 rings (SSSR count). The second-order valence-electron chi connectivity index (χ2n) is 5.35. The lowest BCUT2D eigenvalue weighted by Gasteiger charge is -2.08. The molecular formula is C16H12ClF2N3O2S3. The predicted molar refractivity (Wildman–Crippen MR) is 103 cm³/mol. The molecule has 3 aromatic rings. The van der Waals surface area contributed by atoms with Gasteiger partial charge in [-0.05, 0) is 36.8 Å². The van der Waals surface area contributed by atoms with Crippen molar-refractivity contribution in [2.75, 3.05) is 4.72 Å². The molecular weight excluding hydrogens is 436 g/mol. The topological polar surface area (TPSA) is 72.0 Å². The first-order valence-electron chi connectivity index (χ1n) is 7.44. The molecule has 0 fully saturated rings. The van der Waals surface area contributed by atoms with Crippen LogP contribution in [0.5, 0.6) is 0 Å². The van der Waals surface area contributed by atoms with Crippen LogP contribution in [0, 0.1) is 18.6 Å². The lowest BCUT2D eigenvalue weighted by molar-refractivity contribution is 0.565.